The molecule has 6 nitrogen and oxygen atoms in total. The molecule has 0 aliphatic heterocycles. The Labute approximate surface area is 205 Å². The number of hydrogen-bond acceptors (Lipinski definition) is 5. The maximum Gasteiger partial charge on any atom is 0.313 e. The van der Waals surface area contributed by atoms with Crippen molar-refractivity contribution in [3.8, 4) is 22.8 Å². The molecule has 0 unspecified atom stereocenters. The molecule has 0 aliphatic carbocycles. The fourth-order valence-corrected chi connectivity index (χ4v) is 3.99. The minimum absolute atomic E-state index is 0.494. The second kappa shape index (κ2) is 10.6. The number of nitrogens with zero attached hydrogens (tertiary/aromatic N) is 1. The third kappa shape index (κ3) is 5.32. The first-order valence-corrected chi connectivity index (χ1v) is 12.0. The minimum Gasteiger partial charge on any atom is -0.493 e. The number of fused-ring (bicyclic) bond motifs is 1. The summed E-state index contributed by atoms with van der Waals surface area (Å²) in [6.07, 6.45) is 2.51. The van der Waals surface area contributed by atoms with Crippen LogP contribution in [-0.2, 0) is 16.6 Å². The first-order valence-electron chi connectivity index (χ1n) is 12.0. The highest BCUT2D eigenvalue weighted by Crippen LogP contribution is 2.35. The van der Waals surface area contributed by atoms with Crippen molar-refractivity contribution in [2.75, 3.05) is 13.2 Å². The zero-order valence-electron chi connectivity index (χ0n) is 20.4. The van der Waals surface area contributed by atoms with Gasteiger partial charge in [-0.05, 0) is 50.1 Å². The molecule has 1 heterocycles. The summed E-state index contributed by atoms with van der Waals surface area (Å²) in [5, 5.41) is 14.7. The van der Waals surface area contributed by atoms with Crippen molar-refractivity contribution in [3.05, 3.63) is 77.9 Å². The molecule has 0 fully saturated rings. The number of ether oxygens (including phenoxy) is 2. The van der Waals surface area contributed by atoms with Gasteiger partial charge >= 0.3 is 5.97 Å². The molecule has 1 N–H and O–H groups in total. The van der Waals surface area contributed by atoms with Crippen LogP contribution in [0.2, 0.25) is 0 Å². The number of benzene rings is 3. The molecule has 0 bridgehead atoms. The number of carbonyl (C=O) groups is 1. The fraction of sp³-hybridized carbons (Fsp3) is 0.310. The van der Waals surface area contributed by atoms with E-state index in [1.165, 1.54) is 0 Å². The maximum absolute atomic E-state index is 11.4. The average Bonchev–Trinajstić information content (AvgIpc) is 3.30. The van der Waals surface area contributed by atoms with Crippen molar-refractivity contribution in [2.24, 2.45) is 0 Å². The molecule has 0 atom stereocenters. The first-order chi connectivity index (χ1) is 16.9. The van der Waals surface area contributed by atoms with Crippen LogP contribution in [0.15, 0.2) is 71.3 Å². The third-order valence-corrected chi connectivity index (χ3v) is 6.17. The van der Waals surface area contributed by atoms with E-state index in [0.717, 1.165) is 51.9 Å². The Bertz CT molecular complexity index is 1280. The molecule has 4 rings (SSSR count). The monoisotopic (exact) mass is 473 g/mol. The number of carboxylic acid groups (broad SMARTS) is 1. The van der Waals surface area contributed by atoms with E-state index in [2.05, 4.69) is 12.1 Å². The van der Waals surface area contributed by atoms with Crippen molar-refractivity contribution < 1.29 is 23.9 Å². The van der Waals surface area contributed by atoms with E-state index >= 15 is 0 Å². The predicted octanol–water partition coefficient (Wildman–Crippen LogP) is 6.66. The Hall–Kier alpha value is -3.80. The number of hydrogen-bond donors (Lipinski definition) is 1. The normalized spacial score (nSPS) is 11.5. The van der Waals surface area contributed by atoms with E-state index in [9.17, 15) is 9.90 Å². The predicted molar refractivity (Wildman–Crippen MR) is 136 cm³/mol. The molecule has 0 saturated heterocycles. The van der Waals surface area contributed by atoms with Crippen LogP contribution < -0.4 is 9.47 Å². The summed E-state index contributed by atoms with van der Waals surface area (Å²) in [4.78, 5) is 11.4. The van der Waals surface area contributed by atoms with Gasteiger partial charge in [-0.25, -0.2) is 0 Å². The lowest BCUT2D eigenvalue weighted by molar-refractivity contribution is -0.142. The van der Waals surface area contributed by atoms with E-state index < -0.39 is 11.4 Å². The molecular formula is C29H31NO5. The largest absolute Gasteiger partial charge is 0.493 e. The van der Waals surface area contributed by atoms with Gasteiger partial charge in [0.1, 0.15) is 17.2 Å². The lowest BCUT2D eigenvalue weighted by Crippen LogP contribution is -2.28. The van der Waals surface area contributed by atoms with Gasteiger partial charge in [-0.3, -0.25) is 4.79 Å². The van der Waals surface area contributed by atoms with Gasteiger partial charge in [0, 0.05) is 17.5 Å². The van der Waals surface area contributed by atoms with Gasteiger partial charge in [-0.2, -0.15) is 0 Å². The standard InChI is InChI=1S/C29H31NO5/c1-4-9-23-25(17-16-24-26(30-35-27(23)24)20-10-6-5-7-11-20)34-19-8-18-33-22-14-12-21(13-15-22)29(2,3)28(31)32/h5-7,10-17H,4,8-9,18-19H2,1-3H3,(H,31,32). The summed E-state index contributed by atoms with van der Waals surface area (Å²) in [5.74, 6) is 0.666. The van der Waals surface area contributed by atoms with Crippen molar-refractivity contribution in [1.82, 2.24) is 5.16 Å². The Kier molecular flexibility index (Phi) is 7.39. The highest BCUT2D eigenvalue weighted by atomic mass is 16.5. The van der Waals surface area contributed by atoms with Crippen molar-refractivity contribution in [1.29, 1.82) is 0 Å². The topological polar surface area (TPSA) is 81.8 Å². The van der Waals surface area contributed by atoms with Gasteiger partial charge in [0.2, 0.25) is 0 Å². The number of rotatable bonds is 11. The molecule has 4 aromatic rings. The Morgan fingerprint density at radius 3 is 2.37 bits per heavy atom. The number of aromatic nitrogens is 1. The molecule has 0 spiro atoms. The van der Waals surface area contributed by atoms with E-state index in [-0.39, 0.29) is 0 Å². The summed E-state index contributed by atoms with van der Waals surface area (Å²) in [6, 6.07) is 21.3. The van der Waals surface area contributed by atoms with E-state index in [4.69, 9.17) is 14.0 Å². The van der Waals surface area contributed by atoms with Crippen LogP contribution in [0, 0.1) is 0 Å². The third-order valence-electron chi connectivity index (χ3n) is 6.17. The fourth-order valence-electron chi connectivity index (χ4n) is 3.99. The van der Waals surface area contributed by atoms with Gasteiger partial charge in [0.05, 0.1) is 24.0 Å². The second-order valence-corrected chi connectivity index (χ2v) is 9.07. The summed E-state index contributed by atoms with van der Waals surface area (Å²) in [5.41, 5.74) is 3.49. The number of aryl methyl sites for hydroxylation is 1. The van der Waals surface area contributed by atoms with Gasteiger partial charge < -0.3 is 19.1 Å². The molecule has 0 saturated carbocycles. The summed E-state index contributed by atoms with van der Waals surface area (Å²) < 4.78 is 17.7. The first kappa shape index (κ1) is 24.3. The highest BCUT2D eigenvalue weighted by molar-refractivity contribution is 5.94. The van der Waals surface area contributed by atoms with Crippen LogP contribution in [0.3, 0.4) is 0 Å². The van der Waals surface area contributed by atoms with Crippen LogP contribution in [0.5, 0.6) is 11.5 Å². The smallest absolute Gasteiger partial charge is 0.313 e. The van der Waals surface area contributed by atoms with Gasteiger partial charge in [0.15, 0.2) is 5.58 Å². The Morgan fingerprint density at radius 2 is 1.69 bits per heavy atom. The second-order valence-electron chi connectivity index (χ2n) is 9.07. The maximum atomic E-state index is 11.4. The Balaban J connectivity index is 1.37. The molecule has 182 valence electrons. The van der Waals surface area contributed by atoms with E-state index in [1.807, 2.05) is 54.6 Å². The molecule has 35 heavy (non-hydrogen) atoms. The van der Waals surface area contributed by atoms with Gasteiger partial charge in [-0.1, -0.05) is 61.0 Å². The van der Waals surface area contributed by atoms with Crippen LogP contribution in [0.1, 0.15) is 44.7 Å². The zero-order valence-corrected chi connectivity index (χ0v) is 20.4. The molecular weight excluding hydrogens is 442 g/mol. The average molecular weight is 474 g/mol. The zero-order chi connectivity index (χ0) is 24.8. The number of carboxylic acids is 1. The van der Waals surface area contributed by atoms with Crippen molar-refractivity contribution in [3.63, 3.8) is 0 Å². The Morgan fingerprint density at radius 1 is 0.971 bits per heavy atom. The van der Waals surface area contributed by atoms with Crippen LogP contribution in [-0.4, -0.2) is 29.4 Å². The molecule has 0 aliphatic rings. The van der Waals surface area contributed by atoms with Gasteiger partial charge in [0.25, 0.3) is 0 Å². The van der Waals surface area contributed by atoms with E-state index in [0.29, 0.717) is 25.4 Å². The van der Waals surface area contributed by atoms with Gasteiger partial charge in [-0.15, -0.1) is 0 Å². The lowest BCUT2D eigenvalue weighted by Gasteiger charge is -2.19. The molecule has 0 radical (unpaired) electrons. The molecule has 3 aromatic carbocycles. The quantitative estimate of drug-likeness (QED) is 0.245. The summed E-state index contributed by atoms with van der Waals surface area (Å²) in [6.45, 7) is 6.51. The molecule has 1 aromatic heterocycles. The van der Waals surface area contributed by atoms with Crippen LogP contribution in [0.25, 0.3) is 22.2 Å². The summed E-state index contributed by atoms with van der Waals surface area (Å²) >= 11 is 0. The van der Waals surface area contributed by atoms with Crippen LogP contribution in [0.4, 0.5) is 0 Å². The van der Waals surface area contributed by atoms with E-state index in [1.54, 1.807) is 26.0 Å². The highest BCUT2D eigenvalue weighted by Gasteiger charge is 2.29. The number of aliphatic carboxylic acids is 1. The van der Waals surface area contributed by atoms with Crippen LogP contribution >= 0.6 is 0 Å². The van der Waals surface area contributed by atoms with Crippen molar-refractivity contribution in [2.45, 2.75) is 45.4 Å². The molecule has 0 amide bonds. The lowest BCUT2D eigenvalue weighted by atomic mass is 9.85. The minimum atomic E-state index is -0.935. The SMILES string of the molecule is CCCc1c(OCCCOc2ccc(C(C)(C)C(=O)O)cc2)ccc2c(-c3ccccc3)noc12. The van der Waals surface area contributed by atoms with Crippen molar-refractivity contribution >= 4 is 16.9 Å². The molecule has 6 heteroatoms. The summed E-state index contributed by atoms with van der Waals surface area (Å²) in [7, 11) is 0.